The minimum Gasteiger partial charge on any atom is -0.394 e. The van der Waals surface area contributed by atoms with Gasteiger partial charge in [0.1, 0.15) is 5.69 Å². The van der Waals surface area contributed by atoms with E-state index < -0.39 is 15.3 Å². The summed E-state index contributed by atoms with van der Waals surface area (Å²) in [6.07, 6.45) is 7.60. The molecule has 0 saturated heterocycles. The van der Waals surface area contributed by atoms with E-state index in [1.54, 1.807) is 24.0 Å². The van der Waals surface area contributed by atoms with Gasteiger partial charge in [-0.3, -0.25) is 9.67 Å². The molecular formula is C23H28N4O3S. The van der Waals surface area contributed by atoms with Crippen LogP contribution in [0.1, 0.15) is 43.9 Å². The first-order valence-electron chi connectivity index (χ1n) is 10.7. The number of fused-ring (bicyclic) bond motifs is 1. The van der Waals surface area contributed by atoms with E-state index >= 15 is 0 Å². The molecule has 1 aliphatic carbocycles. The molecule has 0 fully saturated rings. The molecule has 0 amide bonds. The van der Waals surface area contributed by atoms with Crippen LogP contribution < -0.4 is 4.72 Å². The molecule has 2 atom stereocenters. The number of sulfonamides is 1. The summed E-state index contributed by atoms with van der Waals surface area (Å²) in [6, 6.07) is 9.85. The fourth-order valence-corrected chi connectivity index (χ4v) is 5.33. The second-order valence-corrected chi connectivity index (χ2v) is 10.1. The van der Waals surface area contributed by atoms with Crippen LogP contribution >= 0.6 is 0 Å². The molecule has 2 aromatic heterocycles. The van der Waals surface area contributed by atoms with E-state index in [2.05, 4.69) is 20.9 Å². The van der Waals surface area contributed by atoms with Crippen LogP contribution in [0, 0.1) is 0 Å². The predicted molar refractivity (Wildman–Crippen MR) is 121 cm³/mol. The lowest BCUT2D eigenvalue weighted by molar-refractivity contribution is 0.269. The third kappa shape index (κ3) is 4.42. The lowest BCUT2D eigenvalue weighted by Gasteiger charge is -2.18. The fraction of sp³-hybridized carbons (Fsp3) is 0.391. The average molecular weight is 441 g/mol. The first-order valence-corrected chi connectivity index (χ1v) is 12.2. The minimum absolute atomic E-state index is 0.0130. The van der Waals surface area contributed by atoms with Crippen LogP contribution in [0.5, 0.6) is 0 Å². The minimum atomic E-state index is -3.34. The first-order chi connectivity index (χ1) is 14.9. The molecule has 31 heavy (non-hydrogen) atoms. The zero-order chi connectivity index (χ0) is 22.0. The van der Waals surface area contributed by atoms with Crippen LogP contribution in [0.3, 0.4) is 0 Å². The van der Waals surface area contributed by atoms with Gasteiger partial charge in [0.05, 0.1) is 18.4 Å². The van der Waals surface area contributed by atoms with Crippen LogP contribution in [0.4, 0.5) is 0 Å². The number of hydrogen-bond acceptors (Lipinski definition) is 5. The third-order valence-electron chi connectivity index (χ3n) is 5.99. The summed E-state index contributed by atoms with van der Waals surface area (Å²) in [5, 5.41) is 13.6. The fourth-order valence-electron chi connectivity index (χ4n) is 4.01. The Kier molecular flexibility index (Phi) is 6.22. The summed E-state index contributed by atoms with van der Waals surface area (Å²) in [5.74, 6) is 0. The zero-order valence-electron chi connectivity index (χ0n) is 17.8. The van der Waals surface area contributed by atoms with Gasteiger partial charge in [0.2, 0.25) is 10.0 Å². The molecule has 1 aromatic carbocycles. The number of hydrogen-bond donors (Lipinski definition) is 2. The highest BCUT2D eigenvalue weighted by molar-refractivity contribution is 7.90. The molecular weight excluding hydrogens is 412 g/mol. The number of aryl methyl sites for hydroxylation is 1. The number of aliphatic hydroxyl groups is 1. The lowest BCUT2D eigenvalue weighted by Crippen LogP contribution is -2.34. The van der Waals surface area contributed by atoms with Gasteiger partial charge < -0.3 is 5.11 Å². The van der Waals surface area contributed by atoms with Crippen LogP contribution in [0.15, 0.2) is 48.9 Å². The highest BCUT2D eigenvalue weighted by Gasteiger charge is 2.29. The molecule has 2 heterocycles. The Hall–Kier alpha value is -2.55. The number of aliphatic hydroxyl groups excluding tert-OH is 1. The maximum absolute atomic E-state index is 12.5. The van der Waals surface area contributed by atoms with Gasteiger partial charge >= 0.3 is 0 Å². The van der Waals surface area contributed by atoms with Gasteiger partial charge in [-0.15, -0.1) is 0 Å². The Morgan fingerprint density at radius 2 is 2.00 bits per heavy atom. The first kappa shape index (κ1) is 21.7. The molecule has 8 heteroatoms. The normalized spacial score (nSPS) is 16.9. The van der Waals surface area contributed by atoms with Crippen molar-refractivity contribution >= 4 is 10.0 Å². The second kappa shape index (κ2) is 8.90. The number of pyridine rings is 1. The number of rotatable bonds is 8. The predicted octanol–water partition coefficient (Wildman–Crippen LogP) is 3.31. The number of nitrogens with zero attached hydrogens (tertiary/aromatic N) is 3. The highest BCUT2D eigenvalue weighted by atomic mass is 32.2. The van der Waals surface area contributed by atoms with Crippen molar-refractivity contribution in [2.75, 3.05) is 6.61 Å². The maximum atomic E-state index is 12.5. The van der Waals surface area contributed by atoms with E-state index in [0.717, 1.165) is 46.4 Å². The largest absolute Gasteiger partial charge is 0.394 e. The molecule has 0 radical (unpaired) electrons. The molecule has 0 saturated carbocycles. The summed E-state index contributed by atoms with van der Waals surface area (Å²) >= 11 is 0. The second-order valence-electron chi connectivity index (χ2n) is 8.00. The van der Waals surface area contributed by atoms with Gasteiger partial charge in [0, 0.05) is 35.8 Å². The average Bonchev–Trinajstić information content (AvgIpc) is 3.37. The van der Waals surface area contributed by atoms with Gasteiger partial charge in [0.15, 0.2) is 0 Å². The van der Waals surface area contributed by atoms with Gasteiger partial charge in [-0.05, 0) is 55.0 Å². The Morgan fingerprint density at radius 1 is 1.23 bits per heavy atom. The Balaban J connectivity index is 1.68. The van der Waals surface area contributed by atoms with E-state index in [-0.39, 0.29) is 12.6 Å². The van der Waals surface area contributed by atoms with Gasteiger partial charge in [0.25, 0.3) is 0 Å². The van der Waals surface area contributed by atoms with Crippen LogP contribution in [-0.2, 0) is 23.0 Å². The zero-order valence-corrected chi connectivity index (χ0v) is 18.6. The molecule has 2 N–H and O–H groups in total. The van der Waals surface area contributed by atoms with E-state index in [1.165, 1.54) is 0 Å². The lowest BCUT2D eigenvalue weighted by atomic mass is 9.98. The summed E-state index contributed by atoms with van der Waals surface area (Å²) in [6.45, 7) is 4.06. The van der Waals surface area contributed by atoms with Crippen LogP contribution in [0.25, 0.3) is 22.4 Å². The van der Waals surface area contributed by atoms with E-state index in [4.69, 9.17) is 0 Å². The maximum Gasteiger partial charge on any atom is 0.214 e. The molecule has 7 nitrogen and oxygen atoms in total. The van der Waals surface area contributed by atoms with Crippen LogP contribution in [-0.4, -0.2) is 40.1 Å². The van der Waals surface area contributed by atoms with Crippen molar-refractivity contribution in [3.63, 3.8) is 0 Å². The molecule has 3 aromatic rings. The topological polar surface area (TPSA) is 97.1 Å². The van der Waals surface area contributed by atoms with E-state index in [9.17, 15) is 13.5 Å². The highest BCUT2D eigenvalue weighted by Crippen LogP contribution is 2.37. The SMILES string of the molecule is CCC(C)S(=O)(=O)NC1CCc2cc(-c3cn(CCO)nc3-c3ccncc3)ccc21. The number of nitrogens with one attached hydrogen (secondary N) is 1. The van der Waals surface area contributed by atoms with Gasteiger partial charge in [-0.2, -0.15) is 5.10 Å². The molecule has 164 valence electrons. The monoisotopic (exact) mass is 440 g/mol. The summed E-state index contributed by atoms with van der Waals surface area (Å²) in [5.41, 5.74) is 6.00. The van der Waals surface area contributed by atoms with Crippen LogP contribution in [0.2, 0.25) is 0 Å². The summed E-state index contributed by atoms with van der Waals surface area (Å²) in [7, 11) is -3.34. The molecule has 0 spiro atoms. The summed E-state index contributed by atoms with van der Waals surface area (Å²) < 4.78 is 29.7. The van der Waals surface area contributed by atoms with Crippen molar-refractivity contribution in [3.8, 4) is 22.4 Å². The van der Waals surface area contributed by atoms with Crippen molar-refractivity contribution in [3.05, 3.63) is 60.0 Å². The van der Waals surface area contributed by atoms with Gasteiger partial charge in [-0.1, -0.05) is 25.1 Å². The Morgan fingerprint density at radius 3 is 2.71 bits per heavy atom. The van der Waals surface area contributed by atoms with E-state index in [1.807, 2.05) is 37.4 Å². The van der Waals surface area contributed by atoms with Crippen molar-refractivity contribution in [2.45, 2.75) is 50.9 Å². The Bertz CT molecular complexity index is 1160. The molecule has 0 aliphatic heterocycles. The number of benzene rings is 1. The van der Waals surface area contributed by atoms with Crippen molar-refractivity contribution in [2.24, 2.45) is 0 Å². The van der Waals surface area contributed by atoms with Gasteiger partial charge in [-0.25, -0.2) is 13.1 Å². The standard InChI is InChI=1S/C23H28N4O3S/c1-3-16(2)31(29,30)26-22-7-5-18-14-19(4-6-20(18)22)21-15-27(12-13-28)25-23(21)17-8-10-24-11-9-17/h4,6,8-11,14-16,22,26,28H,3,5,7,12-13H2,1-2H3. The molecule has 1 aliphatic rings. The summed E-state index contributed by atoms with van der Waals surface area (Å²) in [4.78, 5) is 4.09. The quantitative estimate of drug-likeness (QED) is 0.560. The van der Waals surface area contributed by atoms with Crippen molar-refractivity contribution in [1.82, 2.24) is 19.5 Å². The van der Waals surface area contributed by atoms with Crippen molar-refractivity contribution < 1.29 is 13.5 Å². The smallest absolute Gasteiger partial charge is 0.214 e. The van der Waals surface area contributed by atoms with E-state index in [0.29, 0.717) is 13.0 Å². The molecule has 4 rings (SSSR count). The Labute approximate surface area is 183 Å². The van der Waals surface area contributed by atoms with Crippen molar-refractivity contribution in [1.29, 1.82) is 0 Å². The third-order valence-corrected chi connectivity index (χ3v) is 7.99. The number of aromatic nitrogens is 3. The molecule has 2 unspecified atom stereocenters. The molecule has 0 bridgehead atoms.